The average molecular weight is 296 g/mol. The van der Waals surface area contributed by atoms with Crippen LogP contribution in [0.15, 0.2) is 0 Å². The summed E-state index contributed by atoms with van der Waals surface area (Å²) in [6.45, 7) is 7.41. The Morgan fingerprint density at radius 1 is 1.29 bits per heavy atom. The molecule has 3 aliphatic rings. The maximum absolute atomic E-state index is 9.99. The van der Waals surface area contributed by atoms with Crippen molar-refractivity contribution in [1.29, 1.82) is 0 Å². The van der Waals surface area contributed by atoms with E-state index in [0.29, 0.717) is 12.1 Å². The maximum atomic E-state index is 9.99. The molecule has 3 unspecified atom stereocenters. The van der Waals surface area contributed by atoms with E-state index in [0.717, 1.165) is 45.7 Å². The van der Waals surface area contributed by atoms with Gasteiger partial charge in [0.2, 0.25) is 0 Å². The average Bonchev–Trinajstić information content (AvgIpc) is 2.71. The number of nitrogens with one attached hydrogen (secondary N) is 1. The molecule has 0 amide bonds. The second-order valence-corrected chi connectivity index (χ2v) is 7.52. The highest BCUT2D eigenvalue weighted by atomic mass is 16.5. The summed E-state index contributed by atoms with van der Waals surface area (Å²) in [5.41, 5.74) is 0.288. The van der Waals surface area contributed by atoms with Crippen molar-refractivity contribution in [2.45, 2.75) is 70.1 Å². The molecule has 4 nitrogen and oxygen atoms in total. The van der Waals surface area contributed by atoms with Crippen LogP contribution in [0, 0.1) is 5.41 Å². The Hall–Kier alpha value is -0.160. The Morgan fingerprint density at radius 2 is 2.05 bits per heavy atom. The van der Waals surface area contributed by atoms with Gasteiger partial charge >= 0.3 is 0 Å². The second-order valence-electron chi connectivity index (χ2n) is 7.52. The molecule has 0 spiro atoms. The van der Waals surface area contributed by atoms with Gasteiger partial charge < -0.3 is 15.2 Å². The van der Waals surface area contributed by atoms with Gasteiger partial charge in [0.25, 0.3) is 0 Å². The molecule has 0 aromatic rings. The van der Waals surface area contributed by atoms with Gasteiger partial charge in [-0.2, -0.15) is 0 Å². The number of aliphatic hydroxyl groups is 1. The highest BCUT2D eigenvalue weighted by Crippen LogP contribution is 2.39. The van der Waals surface area contributed by atoms with Gasteiger partial charge in [-0.3, -0.25) is 4.90 Å². The number of nitrogens with zero attached hydrogens (tertiary/aromatic N) is 1. The van der Waals surface area contributed by atoms with E-state index in [1.807, 2.05) is 0 Å². The van der Waals surface area contributed by atoms with Crippen molar-refractivity contribution >= 4 is 0 Å². The van der Waals surface area contributed by atoms with Crippen molar-refractivity contribution < 1.29 is 9.84 Å². The van der Waals surface area contributed by atoms with Crippen molar-refractivity contribution in [3.63, 3.8) is 0 Å². The highest BCUT2D eigenvalue weighted by molar-refractivity contribution is 4.99. The Kier molecular flexibility index (Phi) is 5.20. The third kappa shape index (κ3) is 3.61. The molecule has 0 radical (unpaired) electrons. The lowest BCUT2D eigenvalue weighted by Crippen LogP contribution is -2.54. The van der Waals surface area contributed by atoms with Gasteiger partial charge in [-0.15, -0.1) is 0 Å². The van der Waals surface area contributed by atoms with E-state index in [2.05, 4.69) is 17.1 Å². The van der Waals surface area contributed by atoms with Crippen LogP contribution in [-0.4, -0.2) is 61.0 Å². The molecule has 2 bridgehead atoms. The number of fused-ring (bicyclic) bond motifs is 2. The first-order valence-electron chi connectivity index (χ1n) is 8.95. The van der Waals surface area contributed by atoms with Gasteiger partial charge in [0.15, 0.2) is 0 Å². The molecule has 3 atom stereocenters. The molecule has 4 heteroatoms. The zero-order valence-corrected chi connectivity index (χ0v) is 13.5. The van der Waals surface area contributed by atoms with Gasteiger partial charge in [0.1, 0.15) is 0 Å². The fraction of sp³-hybridized carbons (Fsp3) is 1.00. The monoisotopic (exact) mass is 296 g/mol. The molecule has 122 valence electrons. The normalized spacial score (nSPS) is 40.6. The third-order valence-corrected chi connectivity index (χ3v) is 5.71. The Labute approximate surface area is 129 Å². The van der Waals surface area contributed by atoms with Crippen LogP contribution in [-0.2, 0) is 4.74 Å². The number of hydrogen-bond acceptors (Lipinski definition) is 4. The van der Waals surface area contributed by atoms with Crippen LogP contribution in [0.3, 0.4) is 0 Å². The van der Waals surface area contributed by atoms with Crippen molar-refractivity contribution in [3.05, 3.63) is 0 Å². The molecule has 0 aromatic carbocycles. The summed E-state index contributed by atoms with van der Waals surface area (Å²) in [5.74, 6) is 0. The lowest BCUT2D eigenvalue weighted by atomic mass is 9.80. The minimum atomic E-state index is -0.0597. The van der Waals surface area contributed by atoms with E-state index in [1.165, 1.54) is 32.1 Å². The van der Waals surface area contributed by atoms with Crippen LogP contribution < -0.4 is 5.32 Å². The van der Waals surface area contributed by atoms with Crippen LogP contribution in [0.4, 0.5) is 0 Å². The third-order valence-electron chi connectivity index (χ3n) is 5.71. The van der Waals surface area contributed by atoms with E-state index in [1.54, 1.807) is 0 Å². The molecule has 3 rings (SSSR count). The number of piperidine rings is 1. The zero-order chi connectivity index (χ0) is 14.7. The quantitative estimate of drug-likeness (QED) is 0.733. The minimum Gasteiger partial charge on any atom is -0.393 e. The smallest absolute Gasteiger partial charge is 0.0570 e. The van der Waals surface area contributed by atoms with Crippen molar-refractivity contribution in [3.8, 4) is 0 Å². The lowest BCUT2D eigenvalue weighted by molar-refractivity contribution is -0.0512. The molecule has 0 aromatic heterocycles. The number of hydrogen-bond donors (Lipinski definition) is 2. The SMILES string of the molecule is CCCNCC1(CN2C3CCC2CC(O)C3)CCCOC1. The van der Waals surface area contributed by atoms with E-state index < -0.39 is 0 Å². The highest BCUT2D eigenvalue weighted by Gasteiger charge is 2.44. The topological polar surface area (TPSA) is 44.7 Å². The predicted molar refractivity (Wildman–Crippen MR) is 84.4 cm³/mol. The van der Waals surface area contributed by atoms with Gasteiger partial charge in [0, 0.05) is 37.2 Å². The minimum absolute atomic E-state index is 0.0597. The summed E-state index contributed by atoms with van der Waals surface area (Å²) in [5, 5.41) is 13.6. The van der Waals surface area contributed by atoms with Gasteiger partial charge in [-0.25, -0.2) is 0 Å². The fourth-order valence-corrected chi connectivity index (χ4v) is 4.65. The molecule has 0 saturated carbocycles. The maximum Gasteiger partial charge on any atom is 0.0570 e. The first kappa shape index (κ1) is 15.7. The summed E-state index contributed by atoms with van der Waals surface area (Å²) < 4.78 is 5.85. The van der Waals surface area contributed by atoms with Gasteiger partial charge in [-0.05, 0) is 51.5 Å². The van der Waals surface area contributed by atoms with E-state index in [-0.39, 0.29) is 11.5 Å². The van der Waals surface area contributed by atoms with Crippen molar-refractivity contribution in [1.82, 2.24) is 10.2 Å². The van der Waals surface area contributed by atoms with E-state index in [9.17, 15) is 5.11 Å². The van der Waals surface area contributed by atoms with Gasteiger partial charge in [-0.1, -0.05) is 6.92 Å². The van der Waals surface area contributed by atoms with Crippen LogP contribution >= 0.6 is 0 Å². The number of ether oxygens (including phenoxy) is 1. The molecule has 0 aliphatic carbocycles. The summed E-state index contributed by atoms with van der Waals surface area (Å²) in [4.78, 5) is 2.72. The molecular formula is C17H32N2O2. The van der Waals surface area contributed by atoms with E-state index >= 15 is 0 Å². The molecule has 2 N–H and O–H groups in total. The molecule has 3 saturated heterocycles. The Balaban J connectivity index is 1.64. The molecule has 21 heavy (non-hydrogen) atoms. The molecular weight excluding hydrogens is 264 g/mol. The largest absolute Gasteiger partial charge is 0.393 e. The Bertz CT molecular complexity index is 317. The zero-order valence-electron chi connectivity index (χ0n) is 13.5. The van der Waals surface area contributed by atoms with E-state index in [4.69, 9.17) is 4.74 Å². The standard InChI is InChI=1S/C17H32N2O2/c1-2-7-18-11-17(6-3-8-21-13-17)12-19-14-4-5-15(19)10-16(20)9-14/h14-16,18,20H,2-13H2,1H3. The summed E-state index contributed by atoms with van der Waals surface area (Å²) >= 11 is 0. The van der Waals surface area contributed by atoms with Gasteiger partial charge in [0.05, 0.1) is 12.7 Å². The summed E-state index contributed by atoms with van der Waals surface area (Å²) in [6.07, 6.45) is 8.13. The van der Waals surface area contributed by atoms with Crippen LogP contribution in [0.1, 0.15) is 51.9 Å². The second kappa shape index (κ2) is 6.95. The first-order chi connectivity index (χ1) is 10.2. The molecule has 3 fully saturated rings. The molecule has 3 aliphatic heterocycles. The Morgan fingerprint density at radius 3 is 2.67 bits per heavy atom. The first-order valence-corrected chi connectivity index (χ1v) is 8.95. The lowest BCUT2D eigenvalue weighted by Gasteiger charge is -2.46. The predicted octanol–water partition coefficient (Wildman–Crippen LogP) is 1.77. The van der Waals surface area contributed by atoms with Crippen LogP contribution in [0.2, 0.25) is 0 Å². The summed E-state index contributed by atoms with van der Waals surface area (Å²) in [7, 11) is 0. The van der Waals surface area contributed by atoms with Crippen LogP contribution in [0.25, 0.3) is 0 Å². The summed E-state index contributed by atoms with van der Waals surface area (Å²) in [6, 6.07) is 1.23. The molecule has 3 heterocycles. The number of rotatable bonds is 6. The number of aliphatic hydroxyl groups excluding tert-OH is 1. The van der Waals surface area contributed by atoms with Crippen LogP contribution in [0.5, 0.6) is 0 Å². The van der Waals surface area contributed by atoms with Crippen molar-refractivity contribution in [2.24, 2.45) is 5.41 Å². The van der Waals surface area contributed by atoms with Crippen molar-refractivity contribution in [2.75, 3.05) is 32.8 Å². The fourth-order valence-electron chi connectivity index (χ4n) is 4.65.